The van der Waals surface area contributed by atoms with Crippen LogP contribution < -0.4 is 18.9 Å². The second-order valence-corrected chi connectivity index (χ2v) is 11.9. The number of phenolic OH excluding ortho intramolecular Hbond substituents is 2. The van der Waals surface area contributed by atoms with Crippen LogP contribution >= 0.6 is 0 Å². The van der Waals surface area contributed by atoms with Gasteiger partial charge in [0.15, 0.2) is 47.0 Å². The normalized spacial score (nSPS) is 30.8. The molecule has 2 aromatic rings. The molecule has 3 unspecified atom stereocenters. The van der Waals surface area contributed by atoms with Crippen molar-refractivity contribution in [1.82, 2.24) is 0 Å². The Balaban J connectivity index is 1.63. The topological polar surface area (TPSA) is 301 Å². The van der Waals surface area contributed by atoms with Gasteiger partial charge in [0.2, 0.25) is 22.9 Å². The lowest BCUT2D eigenvalue weighted by molar-refractivity contribution is -0.387. The van der Waals surface area contributed by atoms with Gasteiger partial charge in [-0.15, -0.1) is 0 Å². The smallest absolute Gasteiger partial charge is 0.234 e. The average Bonchev–Trinajstić information content (AvgIpc) is 3.38. The van der Waals surface area contributed by atoms with Gasteiger partial charge in [-0.1, -0.05) is 12.2 Å². The number of phenols is 2. The van der Waals surface area contributed by atoms with Gasteiger partial charge in [0.05, 0.1) is 35.0 Å². The number of methoxy groups -OCH3 is 4. The Labute approximate surface area is 301 Å². The van der Waals surface area contributed by atoms with Crippen molar-refractivity contribution < 1.29 is 93.8 Å². The van der Waals surface area contributed by atoms with Crippen LogP contribution in [0.2, 0.25) is 0 Å². The summed E-state index contributed by atoms with van der Waals surface area (Å²) in [7, 11) is 5.07. The molecule has 2 aliphatic rings. The van der Waals surface area contributed by atoms with Crippen molar-refractivity contribution in [1.29, 1.82) is 0 Å². The molecule has 19 nitrogen and oxygen atoms in total. The molecule has 2 heterocycles. The summed E-state index contributed by atoms with van der Waals surface area (Å²) in [6.07, 6.45) is -13.3. The monoisotopic (exact) mass is 754 g/mol. The van der Waals surface area contributed by atoms with Gasteiger partial charge in [0.25, 0.3) is 0 Å². The van der Waals surface area contributed by atoms with Gasteiger partial charge in [-0.05, 0) is 47.5 Å². The number of hydrogen-bond donors (Lipinski definition) is 10. The summed E-state index contributed by atoms with van der Waals surface area (Å²) in [6, 6.07) is 5.28. The molecule has 2 aromatic carbocycles. The fourth-order valence-electron chi connectivity index (χ4n) is 5.83. The predicted octanol–water partition coefficient (Wildman–Crippen LogP) is -2.65. The van der Waals surface area contributed by atoms with Gasteiger partial charge in [0, 0.05) is 0 Å². The third-order valence-electron chi connectivity index (χ3n) is 8.82. The number of carbonyl (C=O) groups is 2. The SMILES string of the molecule is COc1cc(C=CC(=O)[C@]2(O)[C@H](O)[C@@H](CO)OC2(CO)OC2O[C@H](C(=O)C(O)C=Cc3cc(OC)c(O)c(OC)c3)[C@@H](O)[C@H](O)[C@H]2O)cc(OC)c1O. The number of ketones is 2. The molecule has 0 bridgehead atoms. The van der Waals surface area contributed by atoms with E-state index in [1.807, 2.05) is 0 Å². The molecule has 10 atom stereocenters. The molecule has 0 radical (unpaired) electrons. The van der Waals surface area contributed by atoms with Crippen LogP contribution in [0, 0.1) is 0 Å². The summed E-state index contributed by atoms with van der Waals surface area (Å²) < 4.78 is 36.8. The number of carbonyl (C=O) groups excluding carboxylic acids is 2. The first kappa shape index (κ1) is 41.4. The van der Waals surface area contributed by atoms with Gasteiger partial charge >= 0.3 is 0 Å². The molecule has 10 N–H and O–H groups in total. The molecule has 2 aliphatic heterocycles. The Hall–Kier alpha value is -4.38. The highest BCUT2D eigenvalue weighted by molar-refractivity contribution is 6.01. The molecule has 53 heavy (non-hydrogen) atoms. The van der Waals surface area contributed by atoms with Crippen molar-refractivity contribution in [3.05, 3.63) is 47.5 Å². The van der Waals surface area contributed by atoms with Crippen LogP contribution in [0.15, 0.2) is 36.4 Å². The van der Waals surface area contributed by atoms with Crippen LogP contribution in [0.1, 0.15) is 11.1 Å². The fourth-order valence-corrected chi connectivity index (χ4v) is 5.83. The number of Topliss-reactive ketones (excluding diaryl/α,β-unsaturated/α-hetero) is 1. The van der Waals surface area contributed by atoms with Crippen molar-refractivity contribution in [2.45, 2.75) is 60.4 Å². The molecule has 4 rings (SSSR count). The Morgan fingerprint density at radius 2 is 1.30 bits per heavy atom. The van der Waals surface area contributed by atoms with Gasteiger partial charge in [-0.25, -0.2) is 0 Å². The third-order valence-corrected chi connectivity index (χ3v) is 8.82. The van der Waals surface area contributed by atoms with E-state index in [2.05, 4.69) is 0 Å². The van der Waals surface area contributed by atoms with Crippen molar-refractivity contribution in [2.24, 2.45) is 0 Å². The van der Waals surface area contributed by atoms with Crippen LogP contribution in [-0.4, -0.2) is 165 Å². The van der Waals surface area contributed by atoms with Gasteiger partial charge in [0.1, 0.15) is 43.2 Å². The standard InChI is InChI=1S/C34H42O19/c1-47-18-9-15(10-19(48-2)25(18)40)5-7-17(37)24(39)30-28(43)27(42)29(44)32(51-30)53-33(14-36)34(46,31(45)22(13-35)52-33)23(38)8-6-16-11-20(49-3)26(41)21(12-16)50-4/h5-12,17,22,27-32,35-37,40-46H,13-14H2,1-4H3/t17?,22-,27+,28+,29-,30-,31-,32?,33?,34+/m1/s1. The molecule has 0 aromatic heterocycles. The first-order chi connectivity index (χ1) is 25.1. The second-order valence-electron chi connectivity index (χ2n) is 11.9. The van der Waals surface area contributed by atoms with Gasteiger partial charge in [-0.2, -0.15) is 0 Å². The molecule has 292 valence electrons. The van der Waals surface area contributed by atoms with Crippen LogP contribution in [0.5, 0.6) is 34.5 Å². The lowest BCUT2D eigenvalue weighted by atomic mass is 9.83. The maximum Gasteiger partial charge on any atom is 0.234 e. The highest BCUT2D eigenvalue weighted by Crippen LogP contribution is 2.45. The minimum absolute atomic E-state index is 0.00296. The molecular formula is C34H42O19. The molecular weight excluding hydrogens is 712 g/mol. The largest absolute Gasteiger partial charge is 0.502 e. The second kappa shape index (κ2) is 16.7. The van der Waals surface area contributed by atoms with E-state index < -0.39 is 85.2 Å². The van der Waals surface area contributed by atoms with Crippen LogP contribution in [0.4, 0.5) is 0 Å². The molecule has 0 amide bonds. The maximum absolute atomic E-state index is 13.7. The lowest BCUT2D eigenvalue weighted by Gasteiger charge is -2.45. The third kappa shape index (κ3) is 7.68. The zero-order valence-corrected chi connectivity index (χ0v) is 28.8. The molecule has 19 heteroatoms. The van der Waals surface area contributed by atoms with Crippen LogP contribution in [0.25, 0.3) is 12.2 Å². The zero-order valence-electron chi connectivity index (χ0n) is 28.8. The number of aliphatic hydroxyl groups excluding tert-OH is 7. The van der Waals surface area contributed by atoms with Crippen LogP contribution in [0.3, 0.4) is 0 Å². The molecule has 0 saturated carbocycles. The quantitative estimate of drug-likeness (QED) is 0.0831. The number of hydrogen-bond acceptors (Lipinski definition) is 19. The van der Waals surface area contributed by atoms with E-state index in [4.69, 9.17) is 33.2 Å². The average molecular weight is 755 g/mol. The summed E-state index contributed by atoms with van der Waals surface area (Å²) in [5, 5.41) is 106. The number of aromatic hydroxyl groups is 2. The number of benzene rings is 2. The number of ether oxygens (including phenoxy) is 7. The fraction of sp³-hybridized carbons (Fsp3) is 0.471. The molecule has 2 saturated heterocycles. The maximum atomic E-state index is 13.7. The van der Waals surface area contributed by atoms with E-state index in [1.165, 1.54) is 58.8 Å². The molecule has 0 aliphatic carbocycles. The minimum Gasteiger partial charge on any atom is -0.502 e. The van der Waals surface area contributed by atoms with Crippen LogP contribution in [-0.2, 0) is 23.8 Å². The van der Waals surface area contributed by atoms with Crippen molar-refractivity contribution >= 4 is 23.7 Å². The Morgan fingerprint density at radius 1 is 0.811 bits per heavy atom. The molecule has 2 fully saturated rings. The Morgan fingerprint density at radius 3 is 1.75 bits per heavy atom. The summed E-state index contributed by atoms with van der Waals surface area (Å²) in [5.74, 6) is -6.50. The Bertz CT molecular complexity index is 1640. The summed E-state index contributed by atoms with van der Waals surface area (Å²) >= 11 is 0. The summed E-state index contributed by atoms with van der Waals surface area (Å²) in [6.45, 7) is -2.50. The highest BCUT2D eigenvalue weighted by Gasteiger charge is 2.71. The molecule has 0 spiro atoms. The van der Waals surface area contributed by atoms with E-state index in [0.29, 0.717) is 0 Å². The van der Waals surface area contributed by atoms with Gasteiger partial charge in [-0.3, -0.25) is 9.59 Å². The Kier molecular flexibility index (Phi) is 13.1. The lowest BCUT2D eigenvalue weighted by Crippen LogP contribution is -2.69. The minimum atomic E-state index is -3.28. The van der Waals surface area contributed by atoms with E-state index >= 15 is 0 Å². The van der Waals surface area contributed by atoms with E-state index in [1.54, 1.807) is 0 Å². The number of rotatable bonds is 15. The van der Waals surface area contributed by atoms with Crippen molar-refractivity contribution in [2.75, 3.05) is 41.7 Å². The van der Waals surface area contributed by atoms with E-state index in [9.17, 15) is 60.7 Å². The van der Waals surface area contributed by atoms with Crippen molar-refractivity contribution in [3.8, 4) is 34.5 Å². The number of aliphatic hydroxyl groups is 8. The first-order valence-corrected chi connectivity index (χ1v) is 15.8. The summed E-state index contributed by atoms with van der Waals surface area (Å²) in [4.78, 5) is 27.0. The predicted molar refractivity (Wildman–Crippen MR) is 177 cm³/mol. The van der Waals surface area contributed by atoms with E-state index in [0.717, 1.165) is 18.2 Å². The first-order valence-electron chi connectivity index (χ1n) is 15.8. The summed E-state index contributed by atoms with van der Waals surface area (Å²) in [5.41, 5.74) is -2.82. The highest BCUT2D eigenvalue weighted by atomic mass is 16.8. The zero-order chi connectivity index (χ0) is 39.4. The van der Waals surface area contributed by atoms with Crippen molar-refractivity contribution in [3.63, 3.8) is 0 Å². The van der Waals surface area contributed by atoms with Gasteiger partial charge < -0.3 is 84.2 Å². The van der Waals surface area contributed by atoms with E-state index in [-0.39, 0.29) is 45.6 Å².